The van der Waals surface area contributed by atoms with Gasteiger partial charge in [-0.2, -0.15) is 5.10 Å². The first-order valence-corrected chi connectivity index (χ1v) is 7.77. The molecular formula is C11H12BrFN4O2S. The van der Waals surface area contributed by atoms with Crippen LogP contribution in [0.2, 0.25) is 0 Å². The summed E-state index contributed by atoms with van der Waals surface area (Å²) >= 11 is 3.10. The van der Waals surface area contributed by atoms with Gasteiger partial charge >= 0.3 is 0 Å². The van der Waals surface area contributed by atoms with E-state index >= 15 is 0 Å². The van der Waals surface area contributed by atoms with Crippen molar-refractivity contribution >= 4 is 37.5 Å². The van der Waals surface area contributed by atoms with E-state index in [0.29, 0.717) is 10.2 Å². The number of aryl methyl sites for hydroxylation is 1. The highest BCUT2D eigenvalue weighted by molar-refractivity contribution is 9.10. The highest BCUT2D eigenvalue weighted by Gasteiger charge is 2.26. The summed E-state index contributed by atoms with van der Waals surface area (Å²) in [7, 11) is -2.45. The number of halogens is 2. The molecule has 0 aliphatic rings. The number of rotatable bonds is 3. The molecule has 2 rings (SSSR count). The molecule has 9 heteroatoms. The highest BCUT2D eigenvalue weighted by atomic mass is 79.9. The van der Waals surface area contributed by atoms with Gasteiger partial charge in [0.25, 0.3) is 10.0 Å². The van der Waals surface area contributed by atoms with E-state index in [1.807, 2.05) is 0 Å². The molecule has 1 aromatic carbocycles. The van der Waals surface area contributed by atoms with E-state index in [0.717, 1.165) is 6.07 Å². The minimum atomic E-state index is -4.03. The molecule has 0 atom stereocenters. The van der Waals surface area contributed by atoms with Crippen LogP contribution < -0.4 is 10.5 Å². The molecule has 0 aliphatic heterocycles. The normalized spacial score (nSPS) is 11.6. The van der Waals surface area contributed by atoms with Crippen molar-refractivity contribution in [1.29, 1.82) is 0 Å². The van der Waals surface area contributed by atoms with E-state index in [4.69, 9.17) is 5.73 Å². The van der Waals surface area contributed by atoms with Gasteiger partial charge in [-0.05, 0) is 35.0 Å². The third kappa shape index (κ3) is 2.50. The number of hydrogen-bond donors (Lipinski definition) is 2. The smallest absolute Gasteiger partial charge is 0.267 e. The first kappa shape index (κ1) is 14.8. The maximum absolute atomic E-state index is 13.7. The van der Waals surface area contributed by atoms with Gasteiger partial charge in [0.1, 0.15) is 5.82 Å². The molecule has 0 unspecified atom stereocenters. The third-order valence-corrected chi connectivity index (χ3v) is 4.95. The zero-order valence-electron chi connectivity index (χ0n) is 10.7. The van der Waals surface area contributed by atoms with Gasteiger partial charge in [0, 0.05) is 11.5 Å². The average molecular weight is 363 g/mol. The highest BCUT2D eigenvalue weighted by Crippen LogP contribution is 2.30. The summed E-state index contributed by atoms with van der Waals surface area (Å²) < 4.78 is 42.2. The van der Waals surface area contributed by atoms with Gasteiger partial charge in [-0.25, -0.2) is 12.8 Å². The third-order valence-electron chi connectivity index (χ3n) is 2.77. The van der Waals surface area contributed by atoms with Crippen LogP contribution in [-0.4, -0.2) is 18.2 Å². The Bertz CT molecular complexity index is 753. The van der Waals surface area contributed by atoms with Crippen molar-refractivity contribution in [2.24, 2.45) is 7.05 Å². The lowest BCUT2D eigenvalue weighted by Gasteiger charge is -2.10. The van der Waals surface area contributed by atoms with Crippen LogP contribution in [0, 0.1) is 12.7 Å². The Morgan fingerprint density at radius 2 is 2.10 bits per heavy atom. The van der Waals surface area contributed by atoms with Crippen LogP contribution in [0.15, 0.2) is 27.6 Å². The van der Waals surface area contributed by atoms with Crippen molar-refractivity contribution < 1.29 is 12.8 Å². The first-order chi connectivity index (χ1) is 9.24. The summed E-state index contributed by atoms with van der Waals surface area (Å²) in [4.78, 5) is -0.157. The Morgan fingerprint density at radius 3 is 2.60 bits per heavy atom. The Kier molecular flexibility index (Phi) is 3.74. The molecule has 6 nitrogen and oxygen atoms in total. The van der Waals surface area contributed by atoms with Crippen LogP contribution in [0.25, 0.3) is 0 Å². The average Bonchev–Trinajstić information content (AvgIpc) is 2.59. The zero-order chi connectivity index (χ0) is 15.1. The van der Waals surface area contributed by atoms with Gasteiger partial charge in [0.15, 0.2) is 10.7 Å². The van der Waals surface area contributed by atoms with Crippen LogP contribution >= 0.6 is 15.9 Å². The lowest BCUT2D eigenvalue weighted by molar-refractivity contribution is 0.597. The van der Waals surface area contributed by atoms with Crippen molar-refractivity contribution in [3.8, 4) is 0 Å². The first-order valence-electron chi connectivity index (χ1n) is 5.50. The second-order valence-electron chi connectivity index (χ2n) is 4.13. The zero-order valence-corrected chi connectivity index (χ0v) is 13.1. The number of nitrogens with one attached hydrogen (secondary N) is 1. The maximum Gasteiger partial charge on any atom is 0.267 e. The van der Waals surface area contributed by atoms with Gasteiger partial charge in [0.2, 0.25) is 0 Å². The Morgan fingerprint density at radius 1 is 1.45 bits per heavy atom. The van der Waals surface area contributed by atoms with E-state index in [2.05, 4.69) is 25.8 Å². The molecule has 20 heavy (non-hydrogen) atoms. The molecule has 3 N–H and O–H groups in total. The summed E-state index contributed by atoms with van der Waals surface area (Å²) in [5.74, 6) is -0.826. The van der Waals surface area contributed by atoms with E-state index in [9.17, 15) is 12.8 Å². The summed E-state index contributed by atoms with van der Waals surface area (Å²) in [5.41, 5.74) is 5.79. The molecule has 1 heterocycles. The van der Waals surface area contributed by atoms with Crippen molar-refractivity contribution in [1.82, 2.24) is 9.78 Å². The monoisotopic (exact) mass is 362 g/mol. The predicted molar refractivity (Wildman–Crippen MR) is 77.3 cm³/mol. The molecule has 0 aliphatic carbocycles. The van der Waals surface area contributed by atoms with Gasteiger partial charge in [-0.15, -0.1) is 0 Å². The van der Waals surface area contributed by atoms with E-state index in [1.165, 1.54) is 16.8 Å². The molecule has 0 amide bonds. The standard InChI is InChI=1S/C11H12BrFN4O2S/c1-6-10(11(14)15-17(6)2)20(18,19)16-9-7(12)4-3-5-8(9)13/h3-5,16H,1-2H3,(H2,14,15). The number of aromatic nitrogens is 2. The molecule has 0 saturated carbocycles. The quantitative estimate of drug-likeness (QED) is 0.873. The lowest BCUT2D eigenvalue weighted by atomic mass is 10.3. The minimum Gasteiger partial charge on any atom is -0.381 e. The fourth-order valence-corrected chi connectivity index (χ4v) is 3.71. The number of sulfonamides is 1. The molecular weight excluding hydrogens is 351 g/mol. The summed E-state index contributed by atoms with van der Waals surface area (Å²) in [6.45, 7) is 1.56. The molecule has 0 fully saturated rings. The lowest BCUT2D eigenvalue weighted by Crippen LogP contribution is -2.16. The number of para-hydroxylation sites is 1. The number of nitrogen functional groups attached to an aromatic ring is 1. The fraction of sp³-hybridized carbons (Fsp3) is 0.182. The Labute approximate surface area is 124 Å². The van der Waals surface area contributed by atoms with Gasteiger partial charge in [-0.1, -0.05) is 6.07 Å². The van der Waals surface area contributed by atoms with Crippen LogP contribution in [0.1, 0.15) is 5.69 Å². The topological polar surface area (TPSA) is 90.0 Å². The number of benzene rings is 1. The summed E-state index contributed by atoms with van der Waals surface area (Å²) in [5, 5.41) is 3.83. The molecule has 0 bridgehead atoms. The van der Waals surface area contributed by atoms with Gasteiger partial charge in [-0.3, -0.25) is 9.40 Å². The van der Waals surface area contributed by atoms with Gasteiger partial charge < -0.3 is 5.73 Å². The predicted octanol–water partition coefficient (Wildman–Crippen LogP) is 2.01. The molecule has 0 saturated heterocycles. The van der Waals surface area contributed by atoms with Crippen LogP contribution in [0.4, 0.5) is 15.9 Å². The number of nitrogens with zero attached hydrogens (tertiary/aromatic N) is 2. The van der Waals surface area contributed by atoms with Crippen LogP contribution in [0.5, 0.6) is 0 Å². The van der Waals surface area contributed by atoms with Crippen LogP contribution in [0.3, 0.4) is 0 Å². The van der Waals surface area contributed by atoms with Crippen molar-refractivity contribution in [3.05, 3.63) is 34.2 Å². The fourth-order valence-electron chi connectivity index (χ4n) is 1.73. The second-order valence-corrected chi connectivity index (χ2v) is 6.60. The second kappa shape index (κ2) is 5.06. The van der Waals surface area contributed by atoms with E-state index in [-0.39, 0.29) is 16.4 Å². The Balaban J connectivity index is 2.52. The number of nitrogens with two attached hydrogens (primary N) is 1. The van der Waals surface area contributed by atoms with Gasteiger partial charge in [0.05, 0.1) is 11.4 Å². The van der Waals surface area contributed by atoms with Crippen molar-refractivity contribution in [2.45, 2.75) is 11.8 Å². The molecule has 108 valence electrons. The maximum atomic E-state index is 13.7. The Hall–Kier alpha value is -1.61. The SMILES string of the molecule is Cc1c(S(=O)(=O)Nc2c(F)cccc2Br)c(N)nn1C. The number of anilines is 2. The largest absolute Gasteiger partial charge is 0.381 e. The van der Waals surface area contributed by atoms with Crippen LogP contribution in [-0.2, 0) is 17.1 Å². The summed E-state index contributed by atoms with van der Waals surface area (Å²) in [6, 6.07) is 4.14. The molecule has 1 aromatic heterocycles. The molecule has 0 spiro atoms. The van der Waals surface area contributed by atoms with E-state index < -0.39 is 15.8 Å². The van der Waals surface area contributed by atoms with Crippen molar-refractivity contribution in [2.75, 3.05) is 10.5 Å². The minimum absolute atomic E-state index is 0.134. The molecule has 2 aromatic rings. The molecule has 0 radical (unpaired) electrons. The summed E-state index contributed by atoms with van der Waals surface area (Å²) in [6.07, 6.45) is 0. The van der Waals surface area contributed by atoms with Crippen molar-refractivity contribution in [3.63, 3.8) is 0 Å². The van der Waals surface area contributed by atoms with E-state index in [1.54, 1.807) is 14.0 Å². The number of hydrogen-bond acceptors (Lipinski definition) is 4.